The standard InChI is InChI=1S/C16H23F2N3O2.2ClH/c17-14-11-13(23-10-7-20-5-8-22-9-6-20)12-15(18)16(14)21-3-1-19-2-4-21;;/h11-12,19H,1-10H2;2*1H. The van der Waals surface area contributed by atoms with Crippen molar-refractivity contribution >= 4 is 30.5 Å². The molecule has 1 N–H and O–H groups in total. The van der Waals surface area contributed by atoms with Crippen LogP contribution in [0.4, 0.5) is 14.5 Å². The summed E-state index contributed by atoms with van der Waals surface area (Å²) in [5.41, 5.74) is 0.0482. The number of nitrogens with zero attached hydrogens (tertiary/aromatic N) is 2. The van der Waals surface area contributed by atoms with Crippen molar-refractivity contribution in [1.82, 2.24) is 10.2 Å². The Morgan fingerprint density at radius 2 is 1.60 bits per heavy atom. The van der Waals surface area contributed by atoms with Gasteiger partial charge in [-0.2, -0.15) is 0 Å². The molecule has 0 saturated carbocycles. The number of morpholine rings is 1. The molecule has 2 fully saturated rings. The molecule has 1 aromatic carbocycles. The van der Waals surface area contributed by atoms with Gasteiger partial charge in [-0.15, -0.1) is 24.8 Å². The maximum Gasteiger partial charge on any atom is 0.153 e. The van der Waals surface area contributed by atoms with Crippen LogP contribution in [0.1, 0.15) is 0 Å². The fraction of sp³-hybridized carbons (Fsp3) is 0.625. The SMILES string of the molecule is Cl.Cl.Fc1cc(OCCN2CCOCC2)cc(F)c1N1CCNCC1. The number of benzene rings is 1. The number of hydrogen-bond acceptors (Lipinski definition) is 5. The quantitative estimate of drug-likeness (QED) is 0.818. The van der Waals surface area contributed by atoms with Gasteiger partial charge in [0.25, 0.3) is 0 Å². The third-order valence-electron chi connectivity index (χ3n) is 4.20. The van der Waals surface area contributed by atoms with Crippen LogP contribution in [0.3, 0.4) is 0 Å². The van der Waals surface area contributed by atoms with Crippen LogP contribution in [-0.4, -0.2) is 70.5 Å². The first kappa shape index (κ1) is 22.2. The Bertz CT molecular complexity index is 505. The Morgan fingerprint density at radius 3 is 2.20 bits per heavy atom. The highest BCUT2D eigenvalue weighted by molar-refractivity contribution is 5.85. The van der Waals surface area contributed by atoms with Crippen LogP contribution in [0.15, 0.2) is 12.1 Å². The molecule has 2 saturated heterocycles. The second kappa shape index (κ2) is 11.0. The number of rotatable bonds is 5. The molecule has 5 nitrogen and oxygen atoms in total. The first-order chi connectivity index (χ1) is 11.2. The molecule has 0 radical (unpaired) electrons. The lowest BCUT2D eigenvalue weighted by Gasteiger charge is -2.30. The van der Waals surface area contributed by atoms with Gasteiger partial charge in [0.05, 0.1) is 13.2 Å². The van der Waals surface area contributed by atoms with Crippen molar-refractivity contribution < 1.29 is 18.3 Å². The Kier molecular flexibility index (Phi) is 9.74. The van der Waals surface area contributed by atoms with Crippen molar-refractivity contribution in [3.8, 4) is 5.75 Å². The molecule has 3 rings (SSSR count). The predicted molar refractivity (Wildman–Crippen MR) is 98.7 cm³/mol. The van der Waals surface area contributed by atoms with Crippen molar-refractivity contribution in [2.45, 2.75) is 0 Å². The lowest BCUT2D eigenvalue weighted by atomic mass is 10.2. The summed E-state index contributed by atoms with van der Waals surface area (Å²) >= 11 is 0. The number of piperazine rings is 1. The summed E-state index contributed by atoms with van der Waals surface area (Å²) in [6.45, 7) is 6.99. The second-order valence-corrected chi connectivity index (χ2v) is 5.78. The minimum Gasteiger partial charge on any atom is -0.492 e. The average molecular weight is 400 g/mol. The van der Waals surface area contributed by atoms with E-state index in [0.29, 0.717) is 19.7 Å². The molecule has 2 aliphatic heterocycles. The van der Waals surface area contributed by atoms with E-state index in [1.54, 1.807) is 4.90 Å². The first-order valence-corrected chi connectivity index (χ1v) is 8.11. The summed E-state index contributed by atoms with van der Waals surface area (Å²) in [6.07, 6.45) is 0. The van der Waals surface area contributed by atoms with Crippen LogP contribution in [0, 0.1) is 11.6 Å². The molecule has 0 bridgehead atoms. The van der Waals surface area contributed by atoms with Crippen molar-refractivity contribution in [1.29, 1.82) is 0 Å². The van der Waals surface area contributed by atoms with Gasteiger partial charge in [0, 0.05) is 57.9 Å². The van der Waals surface area contributed by atoms with Gasteiger partial charge in [0.2, 0.25) is 0 Å². The van der Waals surface area contributed by atoms with E-state index in [4.69, 9.17) is 9.47 Å². The highest BCUT2D eigenvalue weighted by Crippen LogP contribution is 2.28. The van der Waals surface area contributed by atoms with Crippen molar-refractivity contribution in [2.75, 3.05) is 70.5 Å². The zero-order valence-corrected chi connectivity index (χ0v) is 15.6. The van der Waals surface area contributed by atoms with Crippen LogP contribution in [0.5, 0.6) is 5.75 Å². The van der Waals surface area contributed by atoms with Crippen LogP contribution >= 0.6 is 24.8 Å². The summed E-state index contributed by atoms with van der Waals surface area (Å²) in [6, 6.07) is 2.56. The molecule has 0 aromatic heterocycles. The molecule has 0 spiro atoms. The molecule has 0 unspecified atom stereocenters. The van der Waals surface area contributed by atoms with Crippen molar-refractivity contribution in [3.05, 3.63) is 23.8 Å². The minimum absolute atomic E-state index is 0. The van der Waals surface area contributed by atoms with Gasteiger partial charge >= 0.3 is 0 Å². The fourth-order valence-electron chi connectivity index (χ4n) is 2.93. The van der Waals surface area contributed by atoms with Crippen LogP contribution < -0.4 is 15.0 Å². The van der Waals surface area contributed by atoms with Crippen LogP contribution in [-0.2, 0) is 4.74 Å². The Hall–Kier alpha value is -0.860. The monoisotopic (exact) mass is 399 g/mol. The van der Waals surface area contributed by atoms with E-state index in [0.717, 1.165) is 45.9 Å². The van der Waals surface area contributed by atoms with Crippen LogP contribution in [0.2, 0.25) is 0 Å². The van der Waals surface area contributed by atoms with E-state index >= 15 is 0 Å². The van der Waals surface area contributed by atoms with E-state index < -0.39 is 11.6 Å². The van der Waals surface area contributed by atoms with Gasteiger partial charge < -0.3 is 19.7 Å². The molecule has 0 aliphatic carbocycles. The third kappa shape index (κ3) is 6.11. The number of nitrogens with one attached hydrogen (secondary N) is 1. The van der Waals surface area contributed by atoms with Crippen molar-refractivity contribution in [3.63, 3.8) is 0 Å². The van der Waals surface area contributed by atoms with E-state index in [1.807, 2.05) is 0 Å². The molecule has 0 atom stereocenters. The highest BCUT2D eigenvalue weighted by Gasteiger charge is 2.20. The summed E-state index contributed by atoms with van der Waals surface area (Å²) in [7, 11) is 0. The van der Waals surface area contributed by atoms with Crippen LogP contribution in [0.25, 0.3) is 0 Å². The van der Waals surface area contributed by atoms with Gasteiger partial charge in [0.15, 0.2) is 11.6 Å². The van der Waals surface area contributed by atoms with Gasteiger partial charge in [-0.05, 0) is 0 Å². The maximum atomic E-state index is 14.3. The summed E-state index contributed by atoms with van der Waals surface area (Å²) in [4.78, 5) is 3.95. The van der Waals surface area contributed by atoms with E-state index in [9.17, 15) is 8.78 Å². The first-order valence-electron chi connectivity index (χ1n) is 8.11. The number of halogens is 4. The fourth-order valence-corrected chi connectivity index (χ4v) is 2.93. The minimum atomic E-state index is -0.562. The smallest absolute Gasteiger partial charge is 0.153 e. The molecule has 144 valence electrons. The Morgan fingerprint density at radius 1 is 1.00 bits per heavy atom. The molecule has 2 heterocycles. The third-order valence-corrected chi connectivity index (χ3v) is 4.20. The van der Waals surface area contributed by atoms with Gasteiger partial charge in [0.1, 0.15) is 18.0 Å². The lowest BCUT2D eigenvalue weighted by molar-refractivity contribution is 0.0322. The highest BCUT2D eigenvalue weighted by atomic mass is 35.5. The molecule has 0 amide bonds. The largest absolute Gasteiger partial charge is 0.492 e. The van der Waals surface area contributed by atoms with E-state index in [2.05, 4.69) is 10.2 Å². The number of hydrogen-bond donors (Lipinski definition) is 1. The normalized spacial score (nSPS) is 18.2. The maximum absolute atomic E-state index is 14.3. The molecule has 9 heteroatoms. The van der Waals surface area contributed by atoms with Gasteiger partial charge in [-0.25, -0.2) is 8.78 Å². The molecule has 25 heavy (non-hydrogen) atoms. The van der Waals surface area contributed by atoms with E-state index in [-0.39, 0.29) is 36.3 Å². The summed E-state index contributed by atoms with van der Waals surface area (Å²) < 4.78 is 39.3. The van der Waals surface area contributed by atoms with Crippen molar-refractivity contribution in [2.24, 2.45) is 0 Å². The Labute approximate surface area is 159 Å². The average Bonchev–Trinajstić information content (AvgIpc) is 2.56. The molecule has 2 aliphatic rings. The van der Waals surface area contributed by atoms with E-state index in [1.165, 1.54) is 12.1 Å². The topological polar surface area (TPSA) is 37.0 Å². The predicted octanol–water partition coefficient (Wildman–Crippen LogP) is 1.93. The number of anilines is 1. The lowest BCUT2D eigenvalue weighted by Crippen LogP contribution is -2.44. The molecule has 1 aromatic rings. The number of ether oxygens (including phenoxy) is 2. The summed E-state index contributed by atoms with van der Waals surface area (Å²) in [5.74, 6) is -0.881. The molecular weight excluding hydrogens is 375 g/mol. The Balaban J connectivity index is 0.00000156. The zero-order valence-electron chi connectivity index (χ0n) is 14.0. The zero-order chi connectivity index (χ0) is 16.1. The summed E-state index contributed by atoms with van der Waals surface area (Å²) in [5, 5.41) is 3.17. The van der Waals surface area contributed by atoms with Gasteiger partial charge in [-0.1, -0.05) is 0 Å². The molecular formula is C16H25Cl2F2N3O2. The van der Waals surface area contributed by atoms with Gasteiger partial charge in [-0.3, -0.25) is 4.90 Å². The second-order valence-electron chi connectivity index (χ2n) is 5.78.